The van der Waals surface area contributed by atoms with Crippen molar-refractivity contribution < 1.29 is 31.5 Å². The van der Waals surface area contributed by atoms with E-state index in [0.717, 1.165) is 19.4 Å². The lowest BCUT2D eigenvalue weighted by atomic mass is 9.91. The molecule has 4 aliphatic rings. The van der Waals surface area contributed by atoms with Crippen LogP contribution >= 0.6 is 0 Å². The molecule has 4 saturated heterocycles. The molecular formula is C38H36F3N5O3. The van der Waals surface area contributed by atoms with Crippen LogP contribution < -0.4 is 9.64 Å². The van der Waals surface area contributed by atoms with Gasteiger partial charge in [0.25, 0.3) is 0 Å². The molecule has 3 aromatic carbocycles. The van der Waals surface area contributed by atoms with Crippen molar-refractivity contribution in [1.82, 2.24) is 19.8 Å². The first-order valence-electron chi connectivity index (χ1n) is 18.3. The lowest BCUT2D eigenvalue weighted by Gasteiger charge is -2.40. The highest BCUT2D eigenvalue weighted by atomic mass is 19.1. The van der Waals surface area contributed by atoms with Crippen molar-refractivity contribution in [2.75, 3.05) is 44.7 Å². The maximum absolute atomic E-state index is 17.7. The van der Waals surface area contributed by atoms with E-state index in [-0.39, 0.29) is 76.7 Å². The monoisotopic (exact) mass is 670 g/mol. The summed E-state index contributed by atoms with van der Waals surface area (Å²) in [5.41, 5.74) is -0.520. The van der Waals surface area contributed by atoms with E-state index in [9.17, 15) is 9.50 Å². The van der Waals surface area contributed by atoms with Crippen LogP contribution in [0.1, 0.15) is 47.5 Å². The topological polar surface area (TPSA) is 78.1 Å². The van der Waals surface area contributed by atoms with Crippen LogP contribution in [0.5, 0.6) is 11.8 Å². The number of furan rings is 1. The Kier molecular flexibility index (Phi) is 6.12. The number of terminal acetylenes is 1. The molecule has 2 aromatic heterocycles. The Labute approximate surface area is 285 Å². The first kappa shape index (κ1) is 27.3. The Balaban J connectivity index is 1.29. The SMILES string of the molecule is [2H]C([2H])([2H])N1C[C@H]2CC[C@@H](C1)N2c1nc(OC[C@@]23CCCN2C[C@H](F)C3)nc2c(F)c(-c3cc(O)cc4ccc(F)c(C#C)c34)c3oc(C)cc3c12. The van der Waals surface area contributed by atoms with E-state index in [2.05, 4.69) is 20.7 Å². The fraction of sp³-hybridized carbons (Fsp3) is 0.421. The van der Waals surface area contributed by atoms with Gasteiger partial charge in [-0.1, -0.05) is 12.0 Å². The van der Waals surface area contributed by atoms with Crippen molar-refractivity contribution in [3.63, 3.8) is 0 Å². The Hall–Kier alpha value is -4.53. The van der Waals surface area contributed by atoms with Crippen molar-refractivity contribution in [3.8, 4) is 35.2 Å². The average Bonchev–Trinajstić information content (AvgIpc) is 3.81. The molecule has 1 N–H and O–H groups in total. The summed E-state index contributed by atoms with van der Waals surface area (Å²) in [6.45, 7) is 1.18. The number of fused-ring (bicyclic) bond motifs is 7. The second-order valence-corrected chi connectivity index (χ2v) is 14.1. The number of likely N-dealkylation sites (N-methyl/N-ethyl adjacent to an activating group) is 1. The predicted octanol–water partition coefficient (Wildman–Crippen LogP) is 6.71. The van der Waals surface area contributed by atoms with Crippen LogP contribution in [0.25, 0.3) is 43.8 Å². The van der Waals surface area contributed by atoms with Crippen LogP contribution in [0.2, 0.25) is 0 Å². The molecule has 9 rings (SSSR count). The molecule has 0 radical (unpaired) electrons. The molecule has 0 spiro atoms. The first-order valence-corrected chi connectivity index (χ1v) is 16.8. The Morgan fingerprint density at radius 1 is 1.14 bits per heavy atom. The van der Waals surface area contributed by atoms with Gasteiger partial charge in [0.05, 0.1) is 22.1 Å². The summed E-state index contributed by atoms with van der Waals surface area (Å²) in [7, 11) is 0. The van der Waals surface area contributed by atoms with Crippen molar-refractivity contribution >= 4 is 38.5 Å². The zero-order valence-corrected chi connectivity index (χ0v) is 26.9. The highest BCUT2D eigenvalue weighted by Gasteiger charge is 2.49. The van der Waals surface area contributed by atoms with Crippen molar-refractivity contribution in [2.45, 2.75) is 62.8 Å². The third kappa shape index (κ3) is 4.60. The van der Waals surface area contributed by atoms with E-state index in [0.29, 0.717) is 53.5 Å². The van der Waals surface area contributed by atoms with E-state index in [1.54, 1.807) is 13.0 Å². The van der Waals surface area contributed by atoms with Crippen molar-refractivity contribution in [3.05, 3.63) is 53.3 Å². The maximum atomic E-state index is 17.7. The van der Waals surface area contributed by atoms with E-state index in [1.165, 1.54) is 29.2 Å². The van der Waals surface area contributed by atoms with Gasteiger partial charge in [0.15, 0.2) is 5.82 Å². The summed E-state index contributed by atoms with van der Waals surface area (Å²) < 4.78 is 84.3. The standard InChI is InChI=1S/C38H36F3N5O3/c1-4-26-29(40)9-6-21-13-25(47)14-27(30(21)26)31-33(41)34-32(28-12-20(2)49-35(28)31)36(46-23-7-8-24(46)18-44(3)17-23)43-37(42-34)48-19-38-10-5-11-45(38)16-22(39)15-38/h1,6,9,12-14,22-24,47H,5,7-8,10-11,15-19H2,2-3H3/t22-,23-,24+,38+/m1/s1/i3D3. The second-order valence-electron chi connectivity index (χ2n) is 14.1. The van der Waals surface area contributed by atoms with E-state index in [4.69, 9.17) is 24.7 Å². The number of aryl methyl sites for hydroxylation is 1. The Morgan fingerprint density at radius 2 is 1.96 bits per heavy atom. The van der Waals surface area contributed by atoms with Crippen LogP contribution in [-0.2, 0) is 0 Å². The number of hydrogen-bond acceptors (Lipinski definition) is 8. The molecule has 0 unspecified atom stereocenters. The minimum atomic E-state index is -2.27. The van der Waals surface area contributed by atoms with Crippen molar-refractivity contribution in [2.24, 2.45) is 0 Å². The van der Waals surface area contributed by atoms with Gasteiger partial charge in [0.1, 0.15) is 47.0 Å². The van der Waals surface area contributed by atoms with Gasteiger partial charge in [0, 0.05) is 58.6 Å². The third-order valence-electron chi connectivity index (χ3n) is 11.1. The van der Waals surface area contributed by atoms with Crippen LogP contribution in [0, 0.1) is 30.9 Å². The van der Waals surface area contributed by atoms with Gasteiger partial charge in [0.2, 0.25) is 0 Å². The number of nitrogens with zero attached hydrogens (tertiary/aromatic N) is 5. The minimum Gasteiger partial charge on any atom is -0.508 e. The molecule has 0 amide bonds. The number of rotatable bonds is 5. The van der Waals surface area contributed by atoms with Gasteiger partial charge >= 0.3 is 6.01 Å². The molecule has 5 aromatic rings. The molecule has 11 heteroatoms. The van der Waals surface area contributed by atoms with E-state index < -0.39 is 30.3 Å². The largest absolute Gasteiger partial charge is 0.508 e. The summed E-state index contributed by atoms with van der Waals surface area (Å²) in [6, 6.07) is 6.63. The molecule has 4 aliphatic heterocycles. The van der Waals surface area contributed by atoms with Gasteiger partial charge in [-0.3, -0.25) is 4.90 Å². The number of ether oxygens (including phenoxy) is 1. The molecule has 0 saturated carbocycles. The molecular weight excluding hydrogens is 631 g/mol. The number of likely N-dealkylation sites (tertiary alicyclic amines) is 1. The summed E-state index contributed by atoms with van der Waals surface area (Å²) in [4.78, 5) is 15.3. The molecule has 4 atom stereocenters. The third-order valence-corrected chi connectivity index (χ3v) is 11.1. The van der Waals surface area contributed by atoms with E-state index in [1.807, 2.05) is 0 Å². The number of benzene rings is 3. The zero-order valence-electron chi connectivity index (χ0n) is 29.9. The van der Waals surface area contributed by atoms with Crippen LogP contribution in [0.3, 0.4) is 0 Å². The maximum Gasteiger partial charge on any atom is 0.319 e. The van der Waals surface area contributed by atoms with Crippen molar-refractivity contribution in [1.29, 1.82) is 0 Å². The fourth-order valence-electron chi connectivity index (χ4n) is 9.09. The molecule has 0 aliphatic carbocycles. The summed E-state index contributed by atoms with van der Waals surface area (Å²) in [5, 5.41) is 12.3. The molecule has 6 heterocycles. The van der Waals surface area contributed by atoms with Crippen LogP contribution in [0.4, 0.5) is 19.0 Å². The number of phenols is 1. The van der Waals surface area contributed by atoms with Gasteiger partial charge < -0.3 is 24.1 Å². The minimum absolute atomic E-state index is 0.0685. The molecule has 8 nitrogen and oxygen atoms in total. The highest BCUT2D eigenvalue weighted by molar-refractivity contribution is 6.18. The second kappa shape index (κ2) is 11.0. The number of piperazine rings is 1. The van der Waals surface area contributed by atoms with Gasteiger partial charge in [-0.25, -0.2) is 13.2 Å². The first-order chi connectivity index (χ1) is 24.8. The number of halogens is 3. The fourth-order valence-corrected chi connectivity index (χ4v) is 9.09. The zero-order chi connectivity index (χ0) is 36.3. The quantitative estimate of drug-likeness (QED) is 0.207. The molecule has 49 heavy (non-hydrogen) atoms. The van der Waals surface area contributed by atoms with Gasteiger partial charge in [-0.15, -0.1) is 6.42 Å². The summed E-state index contributed by atoms with van der Waals surface area (Å²) >= 11 is 0. The average molecular weight is 671 g/mol. The number of phenolic OH excluding ortho intramolecular Hbond substituents is 1. The number of aromatic hydroxyl groups is 1. The van der Waals surface area contributed by atoms with Crippen LogP contribution in [0.15, 0.2) is 34.7 Å². The molecule has 252 valence electrons. The van der Waals surface area contributed by atoms with Crippen LogP contribution in [-0.4, -0.2) is 88.4 Å². The Morgan fingerprint density at radius 3 is 2.73 bits per heavy atom. The summed E-state index contributed by atoms with van der Waals surface area (Å²) in [5.74, 6) is 1.56. The smallest absolute Gasteiger partial charge is 0.319 e. The number of alkyl halides is 1. The molecule has 2 bridgehead atoms. The lowest BCUT2D eigenvalue weighted by Crippen LogP contribution is -2.53. The Bertz CT molecular complexity index is 2330. The number of hydrogen-bond donors (Lipinski definition) is 1. The number of aromatic nitrogens is 2. The molecule has 4 fully saturated rings. The highest BCUT2D eigenvalue weighted by Crippen LogP contribution is 2.48. The summed E-state index contributed by atoms with van der Waals surface area (Å²) in [6.07, 6.45) is 8.21. The van der Waals surface area contributed by atoms with E-state index >= 15 is 8.78 Å². The number of anilines is 1. The van der Waals surface area contributed by atoms with Gasteiger partial charge in [-0.2, -0.15) is 9.97 Å². The normalized spacial score (nSPS) is 26.7. The lowest BCUT2D eigenvalue weighted by molar-refractivity contribution is 0.107. The van der Waals surface area contributed by atoms with Gasteiger partial charge in [-0.05, 0) is 75.8 Å². The predicted molar refractivity (Wildman–Crippen MR) is 182 cm³/mol.